The average molecular weight is 438 g/mol. The van der Waals surface area contributed by atoms with Crippen LogP contribution in [0.1, 0.15) is 23.1 Å². The number of halogens is 2. The van der Waals surface area contributed by atoms with Gasteiger partial charge in [-0.3, -0.25) is 0 Å². The van der Waals surface area contributed by atoms with Crippen molar-refractivity contribution in [1.82, 2.24) is 0 Å². The summed E-state index contributed by atoms with van der Waals surface area (Å²) in [4.78, 5) is 3.79. The van der Waals surface area contributed by atoms with E-state index in [1.807, 2.05) is 0 Å². The van der Waals surface area contributed by atoms with Gasteiger partial charge in [0.25, 0.3) is 0 Å². The van der Waals surface area contributed by atoms with Gasteiger partial charge in [0.05, 0.1) is 16.6 Å². The van der Waals surface area contributed by atoms with E-state index in [1.54, 1.807) is 4.90 Å². The van der Waals surface area contributed by atoms with Crippen LogP contribution in [-0.4, -0.2) is 22.7 Å². The second-order valence-corrected chi connectivity index (χ2v) is 10.3. The summed E-state index contributed by atoms with van der Waals surface area (Å²) in [6, 6.07) is 16.0. The second kappa shape index (κ2) is 7.26. The molecule has 5 atom stereocenters. The topological polar surface area (TPSA) is 4.44 Å². The minimum Gasteiger partial charge on any atom is -0.327 e. The molecule has 25 heavy (non-hydrogen) atoms. The molecule has 2 bridgehead atoms. The third-order valence-electron chi connectivity index (χ3n) is 5.73. The fraction of sp³-hybridized carbons (Fsp3) is 0.429. The zero-order valence-electron chi connectivity index (χ0n) is 14.6. The Hall–Kier alpha value is -0.480. The maximum absolute atomic E-state index is 6.28. The molecule has 2 aromatic rings. The van der Waals surface area contributed by atoms with Crippen LogP contribution in [0.25, 0.3) is 0 Å². The molecule has 1 N–H and O–H groups in total. The van der Waals surface area contributed by atoms with E-state index in [2.05, 4.69) is 84.0 Å². The Bertz CT molecular complexity index is 766. The number of alkyl halides is 1. The fourth-order valence-electron chi connectivity index (χ4n) is 4.44. The van der Waals surface area contributed by atoms with Crippen LogP contribution in [0.4, 0.5) is 0 Å². The van der Waals surface area contributed by atoms with Crippen molar-refractivity contribution in [1.29, 1.82) is 0 Å². The summed E-state index contributed by atoms with van der Waals surface area (Å²) >= 11 is 12.4. The van der Waals surface area contributed by atoms with Crippen molar-refractivity contribution in [3.63, 3.8) is 0 Å². The lowest BCUT2D eigenvalue weighted by molar-refractivity contribution is -0.929. The summed E-state index contributed by atoms with van der Waals surface area (Å²) in [5, 5.41) is 1.56. The summed E-state index contributed by atoms with van der Waals surface area (Å²) in [6.07, 6.45) is 1.32. The molecule has 1 aliphatic heterocycles. The fourth-order valence-corrected chi connectivity index (χ4v) is 7.68. The molecule has 4 heteroatoms. The van der Waals surface area contributed by atoms with Gasteiger partial charge < -0.3 is 4.90 Å². The SMILES string of the molecule is Cc1cc(S[C@H]2C[C@H]3C[NH+](Cc4ccccc4)[C@@H]2[C@@H]3Br)c(C)cc1Cl. The first-order valence-electron chi connectivity index (χ1n) is 8.99. The van der Waals surface area contributed by atoms with E-state index in [4.69, 9.17) is 11.6 Å². The van der Waals surface area contributed by atoms with Crippen LogP contribution in [0, 0.1) is 19.8 Å². The van der Waals surface area contributed by atoms with Crippen molar-refractivity contribution in [2.75, 3.05) is 6.54 Å². The number of hydrogen-bond acceptors (Lipinski definition) is 1. The predicted octanol–water partition coefficient (Wildman–Crippen LogP) is 4.67. The summed E-state index contributed by atoms with van der Waals surface area (Å²) in [5.74, 6) is 0.801. The van der Waals surface area contributed by atoms with Gasteiger partial charge in [0, 0.05) is 21.4 Å². The van der Waals surface area contributed by atoms with E-state index in [9.17, 15) is 0 Å². The first-order chi connectivity index (χ1) is 12.0. The molecule has 1 unspecified atom stereocenters. The minimum atomic E-state index is 0.650. The van der Waals surface area contributed by atoms with E-state index in [0.29, 0.717) is 16.1 Å². The standard InChI is InChI=1S/C21H23BrClNS/c1-13-9-18(14(2)8-17(13)23)25-19-10-16-12-24(21(19)20(16)22)11-15-6-4-3-5-7-15/h3-9,16,19-21H,10-12H2,1-2H3/p+1/t16-,19-,20+,21-/m0/s1. The summed E-state index contributed by atoms with van der Waals surface area (Å²) in [6.45, 7) is 6.72. The highest BCUT2D eigenvalue weighted by molar-refractivity contribution is 9.09. The normalized spacial score (nSPS) is 30.8. The average Bonchev–Trinajstić information content (AvgIpc) is 3.04. The van der Waals surface area contributed by atoms with Crippen LogP contribution < -0.4 is 4.90 Å². The lowest BCUT2D eigenvalue weighted by Crippen LogP contribution is -3.15. The van der Waals surface area contributed by atoms with Crippen LogP contribution in [-0.2, 0) is 6.54 Å². The number of aryl methyl sites for hydroxylation is 2. The van der Waals surface area contributed by atoms with Gasteiger partial charge >= 0.3 is 0 Å². The molecule has 2 fully saturated rings. The molecule has 0 aromatic heterocycles. The molecule has 1 heterocycles. The Kier molecular flexibility index (Phi) is 5.20. The molecule has 2 aromatic carbocycles. The van der Waals surface area contributed by atoms with Crippen LogP contribution in [0.3, 0.4) is 0 Å². The third kappa shape index (κ3) is 3.53. The highest BCUT2D eigenvalue weighted by Crippen LogP contribution is 2.44. The number of quaternary nitrogens is 1. The quantitative estimate of drug-likeness (QED) is 0.681. The summed E-state index contributed by atoms with van der Waals surface area (Å²) < 4.78 is 0. The van der Waals surface area contributed by atoms with Crippen molar-refractivity contribution >= 4 is 39.3 Å². The number of piperidine rings is 1. The summed E-state index contributed by atoms with van der Waals surface area (Å²) in [7, 11) is 0. The smallest absolute Gasteiger partial charge is 0.113 e. The zero-order valence-corrected chi connectivity index (χ0v) is 17.8. The van der Waals surface area contributed by atoms with Crippen LogP contribution in [0.15, 0.2) is 47.4 Å². The van der Waals surface area contributed by atoms with Crippen LogP contribution in [0.5, 0.6) is 0 Å². The lowest BCUT2D eigenvalue weighted by atomic mass is 10.1. The third-order valence-corrected chi connectivity index (χ3v) is 8.94. The Morgan fingerprint density at radius 2 is 1.92 bits per heavy atom. The number of nitrogens with one attached hydrogen (secondary N) is 1. The number of benzene rings is 2. The van der Waals surface area contributed by atoms with E-state index >= 15 is 0 Å². The molecule has 0 spiro atoms. The van der Waals surface area contributed by atoms with Gasteiger partial charge in [0.2, 0.25) is 0 Å². The minimum absolute atomic E-state index is 0.650. The molecule has 1 saturated heterocycles. The first-order valence-corrected chi connectivity index (χ1v) is 11.2. The van der Waals surface area contributed by atoms with Crippen molar-refractivity contribution in [2.45, 2.75) is 47.8 Å². The molecule has 1 saturated carbocycles. The maximum atomic E-state index is 6.28. The van der Waals surface area contributed by atoms with Gasteiger partial charge in [-0.1, -0.05) is 57.9 Å². The second-order valence-electron chi connectivity index (χ2n) is 7.51. The van der Waals surface area contributed by atoms with Gasteiger partial charge in [0.1, 0.15) is 12.6 Å². The Labute approximate surface area is 168 Å². The van der Waals surface area contributed by atoms with E-state index in [1.165, 1.54) is 34.6 Å². The number of hydrogen-bond donors (Lipinski definition) is 1. The zero-order chi connectivity index (χ0) is 17.6. The molecule has 0 radical (unpaired) electrons. The van der Waals surface area contributed by atoms with Gasteiger partial charge in [-0.25, -0.2) is 0 Å². The predicted molar refractivity (Wildman–Crippen MR) is 111 cm³/mol. The van der Waals surface area contributed by atoms with Crippen molar-refractivity contribution in [3.05, 3.63) is 64.2 Å². The maximum Gasteiger partial charge on any atom is 0.113 e. The number of fused-ring (bicyclic) bond motifs is 2. The Morgan fingerprint density at radius 3 is 2.64 bits per heavy atom. The molecular formula is C21H24BrClNS+. The van der Waals surface area contributed by atoms with Crippen molar-refractivity contribution in [3.8, 4) is 0 Å². The van der Waals surface area contributed by atoms with Crippen molar-refractivity contribution in [2.24, 2.45) is 5.92 Å². The molecule has 1 nitrogen and oxygen atoms in total. The van der Waals surface area contributed by atoms with Gasteiger partial charge in [-0.2, -0.15) is 0 Å². The largest absolute Gasteiger partial charge is 0.327 e. The molecule has 0 amide bonds. The monoisotopic (exact) mass is 436 g/mol. The first kappa shape index (κ1) is 17.9. The van der Waals surface area contributed by atoms with E-state index in [0.717, 1.165) is 17.5 Å². The van der Waals surface area contributed by atoms with Gasteiger partial charge in [-0.05, 0) is 43.5 Å². The highest BCUT2D eigenvalue weighted by Gasteiger charge is 2.55. The Morgan fingerprint density at radius 1 is 1.16 bits per heavy atom. The molecule has 132 valence electrons. The molecule has 2 aliphatic rings. The van der Waals surface area contributed by atoms with Crippen LogP contribution in [0.2, 0.25) is 5.02 Å². The number of rotatable bonds is 4. The molecule has 4 rings (SSSR count). The van der Waals surface area contributed by atoms with Gasteiger partial charge in [-0.15, -0.1) is 11.8 Å². The Balaban J connectivity index is 1.53. The number of thioether (sulfide) groups is 1. The van der Waals surface area contributed by atoms with E-state index in [-0.39, 0.29) is 0 Å². The van der Waals surface area contributed by atoms with Crippen LogP contribution >= 0.6 is 39.3 Å². The lowest BCUT2D eigenvalue weighted by Gasteiger charge is -2.30. The summed E-state index contributed by atoms with van der Waals surface area (Å²) in [5.41, 5.74) is 3.94. The highest BCUT2D eigenvalue weighted by atomic mass is 79.9. The molecular weight excluding hydrogens is 414 g/mol. The number of likely N-dealkylation sites (tertiary alicyclic amines) is 1. The van der Waals surface area contributed by atoms with E-state index < -0.39 is 0 Å². The van der Waals surface area contributed by atoms with Crippen molar-refractivity contribution < 1.29 is 4.90 Å². The molecule has 1 aliphatic carbocycles. The van der Waals surface area contributed by atoms with Gasteiger partial charge in [0.15, 0.2) is 0 Å².